The summed E-state index contributed by atoms with van der Waals surface area (Å²) in [5, 5.41) is 3.73. The molecule has 0 aliphatic rings. The summed E-state index contributed by atoms with van der Waals surface area (Å²) in [6, 6.07) is 4.71. The van der Waals surface area contributed by atoms with Crippen molar-refractivity contribution < 1.29 is 13.2 Å². The minimum Gasteiger partial charge on any atom is -0.321 e. The third-order valence-electron chi connectivity index (χ3n) is 3.75. The fraction of sp³-hybridized carbons (Fsp3) is 0.412. The molecular formula is C17H23N3O3S2. The fourth-order valence-corrected chi connectivity index (χ4v) is 4.05. The van der Waals surface area contributed by atoms with Crippen LogP contribution in [0, 0.1) is 13.8 Å². The lowest BCUT2D eigenvalue weighted by Gasteiger charge is -2.14. The lowest BCUT2D eigenvalue weighted by Crippen LogP contribution is -2.22. The molecule has 0 spiro atoms. The van der Waals surface area contributed by atoms with Gasteiger partial charge in [0.15, 0.2) is 0 Å². The molecule has 0 saturated carbocycles. The molecule has 2 rings (SSSR count). The minimum atomic E-state index is -3.56. The summed E-state index contributed by atoms with van der Waals surface area (Å²) >= 11 is 1.37. The number of carbonyl (C=O) groups excluding carboxylic acids is 1. The Labute approximate surface area is 153 Å². The smallest absolute Gasteiger partial charge is 0.267 e. The van der Waals surface area contributed by atoms with Crippen molar-refractivity contribution in [2.45, 2.75) is 38.5 Å². The molecule has 2 aromatic rings. The monoisotopic (exact) mass is 381 g/mol. The van der Waals surface area contributed by atoms with Gasteiger partial charge in [-0.2, -0.15) is 0 Å². The van der Waals surface area contributed by atoms with Crippen LogP contribution in [-0.2, 0) is 10.0 Å². The molecule has 0 saturated heterocycles. The zero-order chi connectivity index (χ0) is 18.9. The van der Waals surface area contributed by atoms with Gasteiger partial charge >= 0.3 is 0 Å². The molecule has 1 aromatic heterocycles. The normalized spacial score (nSPS) is 12.0. The van der Waals surface area contributed by atoms with Crippen molar-refractivity contribution in [1.29, 1.82) is 0 Å². The second kappa shape index (κ2) is 7.23. The summed E-state index contributed by atoms with van der Waals surface area (Å²) in [5.41, 5.74) is 1.95. The molecule has 1 aromatic carbocycles. The summed E-state index contributed by atoms with van der Waals surface area (Å²) in [6.45, 7) is 7.68. The van der Waals surface area contributed by atoms with Crippen molar-refractivity contribution in [3.8, 4) is 0 Å². The van der Waals surface area contributed by atoms with Gasteiger partial charge in [0.2, 0.25) is 10.0 Å². The molecule has 0 fully saturated rings. The lowest BCUT2D eigenvalue weighted by atomic mass is 10.2. The standard InChI is InChI=1S/C17H23N3O3S2/c1-10(2)17-18-12(4)15(24-17)16(21)19-14-9-13(8-7-11(14)3)25(22,23)20(5)6/h7-10H,1-6H3,(H,19,21). The maximum absolute atomic E-state index is 12.6. The second-order valence-electron chi connectivity index (χ2n) is 6.34. The highest BCUT2D eigenvalue weighted by Gasteiger charge is 2.21. The molecule has 0 bridgehead atoms. The molecule has 8 heteroatoms. The van der Waals surface area contributed by atoms with Crippen LogP contribution >= 0.6 is 11.3 Å². The molecule has 0 aliphatic carbocycles. The van der Waals surface area contributed by atoms with E-state index < -0.39 is 10.0 Å². The maximum Gasteiger partial charge on any atom is 0.267 e. The zero-order valence-corrected chi connectivity index (χ0v) is 16.9. The average molecular weight is 382 g/mol. The van der Waals surface area contributed by atoms with E-state index in [1.54, 1.807) is 13.0 Å². The van der Waals surface area contributed by atoms with Crippen molar-refractivity contribution in [1.82, 2.24) is 9.29 Å². The summed E-state index contributed by atoms with van der Waals surface area (Å²) in [7, 11) is -0.612. The highest BCUT2D eigenvalue weighted by atomic mass is 32.2. The number of benzene rings is 1. The SMILES string of the molecule is Cc1ccc(S(=O)(=O)N(C)C)cc1NC(=O)c1sc(C(C)C)nc1C. The van der Waals surface area contributed by atoms with Gasteiger partial charge in [-0.1, -0.05) is 19.9 Å². The van der Waals surface area contributed by atoms with E-state index in [2.05, 4.69) is 10.3 Å². The number of aryl methyl sites for hydroxylation is 2. The van der Waals surface area contributed by atoms with Crippen molar-refractivity contribution in [2.75, 3.05) is 19.4 Å². The zero-order valence-electron chi connectivity index (χ0n) is 15.2. The van der Waals surface area contributed by atoms with Crippen LogP contribution in [0.5, 0.6) is 0 Å². The predicted octanol–water partition coefficient (Wildman–Crippen LogP) is 3.39. The van der Waals surface area contributed by atoms with Gasteiger partial charge in [-0.3, -0.25) is 4.79 Å². The van der Waals surface area contributed by atoms with E-state index >= 15 is 0 Å². The summed E-state index contributed by atoms with van der Waals surface area (Å²) in [4.78, 5) is 17.7. The third kappa shape index (κ3) is 4.08. The highest BCUT2D eigenvalue weighted by Crippen LogP contribution is 2.27. The van der Waals surface area contributed by atoms with Crippen molar-refractivity contribution in [2.24, 2.45) is 0 Å². The quantitative estimate of drug-likeness (QED) is 0.861. The number of nitrogens with zero attached hydrogens (tertiary/aromatic N) is 2. The Balaban J connectivity index is 2.36. The lowest BCUT2D eigenvalue weighted by molar-refractivity contribution is 0.102. The molecule has 0 aliphatic heterocycles. The first kappa shape index (κ1) is 19.6. The van der Waals surface area contributed by atoms with Gasteiger partial charge in [-0.25, -0.2) is 17.7 Å². The Morgan fingerprint density at radius 3 is 2.40 bits per heavy atom. The van der Waals surface area contributed by atoms with E-state index in [0.29, 0.717) is 16.3 Å². The molecular weight excluding hydrogens is 358 g/mol. The van der Waals surface area contributed by atoms with E-state index in [4.69, 9.17) is 0 Å². The largest absolute Gasteiger partial charge is 0.321 e. The van der Waals surface area contributed by atoms with E-state index in [1.165, 1.54) is 37.6 Å². The van der Waals surface area contributed by atoms with E-state index in [1.807, 2.05) is 20.8 Å². The van der Waals surface area contributed by atoms with Crippen LogP contribution in [0.15, 0.2) is 23.1 Å². The predicted molar refractivity (Wildman–Crippen MR) is 101 cm³/mol. The Bertz CT molecular complexity index is 900. The number of amides is 1. The summed E-state index contributed by atoms with van der Waals surface area (Å²) in [6.07, 6.45) is 0. The fourth-order valence-electron chi connectivity index (χ4n) is 2.16. The van der Waals surface area contributed by atoms with Gasteiger partial charge in [-0.05, 0) is 31.5 Å². The molecule has 136 valence electrons. The first-order valence-electron chi connectivity index (χ1n) is 7.86. The maximum atomic E-state index is 12.6. The van der Waals surface area contributed by atoms with Crippen LogP contribution in [0.3, 0.4) is 0 Å². The summed E-state index contributed by atoms with van der Waals surface area (Å²) < 4.78 is 25.7. The second-order valence-corrected chi connectivity index (χ2v) is 9.52. The average Bonchev–Trinajstić information content (AvgIpc) is 2.91. The molecule has 25 heavy (non-hydrogen) atoms. The van der Waals surface area contributed by atoms with E-state index in [9.17, 15) is 13.2 Å². The van der Waals surface area contributed by atoms with Crippen LogP contribution < -0.4 is 5.32 Å². The van der Waals surface area contributed by atoms with Gasteiger partial charge in [-0.15, -0.1) is 11.3 Å². The number of hydrogen-bond acceptors (Lipinski definition) is 5. The number of hydrogen-bond donors (Lipinski definition) is 1. The Morgan fingerprint density at radius 2 is 1.88 bits per heavy atom. The van der Waals surface area contributed by atoms with Gasteiger partial charge in [0.05, 0.1) is 15.6 Å². The van der Waals surface area contributed by atoms with Gasteiger partial charge < -0.3 is 5.32 Å². The molecule has 1 N–H and O–H groups in total. The molecule has 6 nitrogen and oxygen atoms in total. The van der Waals surface area contributed by atoms with E-state index in [-0.39, 0.29) is 16.7 Å². The van der Waals surface area contributed by atoms with Crippen LogP contribution in [0.4, 0.5) is 5.69 Å². The first-order chi connectivity index (χ1) is 11.5. The highest BCUT2D eigenvalue weighted by molar-refractivity contribution is 7.89. The number of aromatic nitrogens is 1. The van der Waals surface area contributed by atoms with Crippen molar-refractivity contribution in [3.05, 3.63) is 39.3 Å². The van der Waals surface area contributed by atoms with Gasteiger partial charge in [0.1, 0.15) is 4.88 Å². The number of thiazole rings is 1. The number of carbonyl (C=O) groups is 1. The third-order valence-corrected chi connectivity index (χ3v) is 7.02. The van der Waals surface area contributed by atoms with Crippen molar-refractivity contribution >= 4 is 33.0 Å². The molecule has 0 unspecified atom stereocenters. The first-order valence-corrected chi connectivity index (χ1v) is 10.1. The molecule has 0 radical (unpaired) electrons. The molecule has 1 amide bonds. The van der Waals surface area contributed by atoms with Crippen LogP contribution in [0.25, 0.3) is 0 Å². The molecule has 0 atom stereocenters. The number of rotatable bonds is 5. The number of sulfonamides is 1. The Morgan fingerprint density at radius 1 is 1.24 bits per heavy atom. The van der Waals surface area contributed by atoms with Gasteiger partial charge in [0.25, 0.3) is 5.91 Å². The Hall–Kier alpha value is -1.77. The van der Waals surface area contributed by atoms with Gasteiger partial charge in [0, 0.05) is 25.7 Å². The topological polar surface area (TPSA) is 79.4 Å². The van der Waals surface area contributed by atoms with Crippen LogP contribution in [0.2, 0.25) is 0 Å². The number of nitrogens with one attached hydrogen (secondary N) is 1. The van der Waals surface area contributed by atoms with Crippen LogP contribution in [0.1, 0.15) is 45.7 Å². The van der Waals surface area contributed by atoms with E-state index in [0.717, 1.165) is 14.9 Å². The Kier molecular flexibility index (Phi) is 5.65. The van der Waals surface area contributed by atoms with Crippen molar-refractivity contribution in [3.63, 3.8) is 0 Å². The molecule has 1 heterocycles. The minimum absolute atomic E-state index is 0.141. The number of anilines is 1. The summed E-state index contributed by atoms with van der Waals surface area (Å²) in [5.74, 6) is -0.0232. The van der Waals surface area contributed by atoms with Crippen LogP contribution in [-0.4, -0.2) is 37.7 Å².